The van der Waals surface area contributed by atoms with Gasteiger partial charge in [0.1, 0.15) is 5.82 Å². The molecule has 1 aromatic carbocycles. The molecule has 0 aliphatic rings. The van der Waals surface area contributed by atoms with Crippen LogP contribution in [0.1, 0.15) is 23.6 Å². The van der Waals surface area contributed by atoms with E-state index in [1.54, 1.807) is 20.8 Å². The highest BCUT2D eigenvalue weighted by atomic mass is 35.5. The first kappa shape index (κ1) is 13.0. The molecule has 0 amide bonds. The van der Waals surface area contributed by atoms with Crippen LogP contribution in [-0.2, 0) is 11.2 Å². The molecule has 2 nitrogen and oxygen atoms in total. The Labute approximate surface area is 99.0 Å². The predicted molar refractivity (Wildman–Crippen MR) is 61.4 cm³/mol. The van der Waals surface area contributed by atoms with E-state index in [1.165, 1.54) is 6.07 Å². The maximum atomic E-state index is 13.4. The molecule has 0 aromatic heterocycles. The van der Waals surface area contributed by atoms with Gasteiger partial charge in [0.2, 0.25) is 0 Å². The third kappa shape index (κ3) is 2.53. The molecule has 1 unspecified atom stereocenters. The van der Waals surface area contributed by atoms with Crippen LogP contribution in [0.4, 0.5) is 4.39 Å². The first-order valence-electron chi connectivity index (χ1n) is 5.01. The second-order valence-electron chi connectivity index (χ2n) is 4.02. The molecule has 0 spiro atoms. The van der Waals surface area contributed by atoms with Crippen molar-refractivity contribution in [3.63, 3.8) is 0 Å². The van der Waals surface area contributed by atoms with Crippen molar-refractivity contribution in [1.29, 1.82) is 0 Å². The van der Waals surface area contributed by atoms with Gasteiger partial charge < -0.3 is 5.11 Å². The Hall–Kier alpha value is -1.09. The van der Waals surface area contributed by atoms with Gasteiger partial charge in [-0.25, -0.2) is 4.39 Å². The standard InChI is InChI=1S/C12H14ClFO2/c1-6(12(15)16)4-9-5-10(14)8(3)11(13)7(9)2/h5-6H,4H2,1-3H3,(H,15,16). The van der Waals surface area contributed by atoms with Crippen LogP contribution in [-0.4, -0.2) is 11.1 Å². The molecule has 1 atom stereocenters. The van der Waals surface area contributed by atoms with Crippen molar-refractivity contribution in [2.24, 2.45) is 5.92 Å². The fourth-order valence-electron chi connectivity index (χ4n) is 1.53. The third-order valence-electron chi connectivity index (χ3n) is 2.75. The van der Waals surface area contributed by atoms with Gasteiger partial charge in [0.25, 0.3) is 0 Å². The van der Waals surface area contributed by atoms with Crippen molar-refractivity contribution in [1.82, 2.24) is 0 Å². The molecular formula is C12H14ClFO2. The Morgan fingerprint density at radius 2 is 2.06 bits per heavy atom. The molecule has 16 heavy (non-hydrogen) atoms. The second kappa shape index (κ2) is 4.83. The number of rotatable bonds is 3. The molecular weight excluding hydrogens is 231 g/mol. The highest BCUT2D eigenvalue weighted by Gasteiger charge is 2.16. The van der Waals surface area contributed by atoms with Crippen molar-refractivity contribution in [3.05, 3.63) is 33.6 Å². The van der Waals surface area contributed by atoms with Gasteiger partial charge in [-0.2, -0.15) is 0 Å². The van der Waals surface area contributed by atoms with Gasteiger partial charge in [-0.15, -0.1) is 0 Å². The Balaban J connectivity index is 3.11. The first-order chi connectivity index (χ1) is 7.34. The number of carboxylic acid groups (broad SMARTS) is 1. The average Bonchev–Trinajstić information content (AvgIpc) is 2.22. The summed E-state index contributed by atoms with van der Waals surface area (Å²) in [5.74, 6) is -1.82. The molecule has 0 bridgehead atoms. The van der Waals surface area contributed by atoms with Gasteiger partial charge >= 0.3 is 5.97 Å². The molecule has 0 saturated heterocycles. The zero-order chi connectivity index (χ0) is 12.5. The van der Waals surface area contributed by atoms with E-state index in [0.717, 1.165) is 5.56 Å². The summed E-state index contributed by atoms with van der Waals surface area (Å²) in [6.07, 6.45) is 0.290. The molecule has 0 saturated carbocycles. The number of benzene rings is 1. The average molecular weight is 245 g/mol. The minimum Gasteiger partial charge on any atom is -0.481 e. The quantitative estimate of drug-likeness (QED) is 0.885. The molecule has 0 radical (unpaired) electrons. The van der Waals surface area contributed by atoms with Crippen LogP contribution < -0.4 is 0 Å². The zero-order valence-electron chi connectivity index (χ0n) is 9.47. The minimum absolute atomic E-state index is 0.290. The van der Waals surface area contributed by atoms with E-state index in [-0.39, 0.29) is 12.2 Å². The smallest absolute Gasteiger partial charge is 0.306 e. The summed E-state index contributed by atoms with van der Waals surface area (Å²) >= 11 is 5.96. The molecule has 0 fully saturated rings. The lowest BCUT2D eigenvalue weighted by Gasteiger charge is -2.13. The Morgan fingerprint density at radius 3 is 2.56 bits per heavy atom. The first-order valence-corrected chi connectivity index (χ1v) is 5.39. The normalized spacial score (nSPS) is 12.6. The summed E-state index contributed by atoms with van der Waals surface area (Å²) in [6.45, 7) is 4.97. The van der Waals surface area contributed by atoms with Gasteiger partial charge in [-0.05, 0) is 37.5 Å². The van der Waals surface area contributed by atoms with E-state index in [1.807, 2.05) is 0 Å². The number of aliphatic carboxylic acids is 1. The van der Waals surface area contributed by atoms with Crippen molar-refractivity contribution >= 4 is 17.6 Å². The van der Waals surface area contributed by atoms with E-state index >= 15 is 0 Å². The number of halogens is 2. The maximum Gasteiger partial charge on any atom is 0.306 e. The van der Waals surface area contributed by atoms with E-state index in [4.69, 9.17) is 16.7 Å². The highest BCUT2D eigenvalue weighted by molar-refractivity contribution is 6.32. The summed E-state index contributed by atoms with van der Waals surface area (Å²) < 4.78 is 13.4. The number of carboxylic acids is 1. The van der Waals surface area contributed by atoms with Crippen LogP contribution in [0.2, 0.25) is 5.02 Å². The zero-order valence-corrected chi connectivity index (χ0v) is 10.2. The van der Waals surface area contributed by atoms with E-state index < -0.39 is 11.9 Å². The van der Waals surface area contributed by atoms with E-state index in [0.29, 0.717) is 16.1 Å². The fourth-order valence-corrected chi connectivity index (χ4v) is 1.74. The van der Waals surface area contributed by atoms with Crippen molar-refractivity contribution in [2.45, 2.75) is 27.2 Å². The molecule has 1 N–H and O–H groups in total. The molecule has 1 aromatic rings. The monoisotopic (exact) mass is 244 g/mol. The van der Waals surface area contributed by atoms with E-state index in [2.05, 4.69) is 0 Å². The largest absolute Gasteiger partial charge is 0.481 e. The molecule has 4 heteroatoms. The van der Waals surface area contributed by atoms with Gasteiger partial charge in [0.05, 0.1) is 5.92 Å². The van der Waals surface area contributed by atoms with Crippen LogP contribution in [0.15, 0.2) is 6.07 Å². The summed E-state index contributed by atoms with van der Waals surface area (Å²) in [4.78, 5) is 10.7. The van der Waals surface area contributed by atoms with E-state index in [9.17, 15) is 9.18 Å². The van der Waals surface area contributed by atoms with Crippen molar-refractivity contribution < 1.29 is 14.3 Å². The Morgan fingerprint density at radius 1 is 1.50 bits per heavy atom. The van der Waals surface area contributed by atoms with Crippen LogP contribution in [0.3, 0.4) is 0 Å². The fraction of sp³-hybridized carbons (Fsp3) is 0.417. The molecule has 0 aliphatic heterocycles. The summed E-state index contributed by atoms with van der Waals surface area (Å²) in [7, 11) is 0. The van der Waals surface area contributed by atoms with Gasteiger partial charge in [0, 0.05) is 10.6 Å². The maximum absolute atomic E-state index is 13.4. The Bertz CT molecular complexity index is 430. The number of hydrogen-bond acceptors (Lipinski definition) is 1. The molecule has 1 rings (SSSR count). The molecule has 0 aliphatic carbocycles. The number of carbonyl (C=O) groups is 1. The van der Waals surface area contributed by atoms with Crippen LogP contribution in [0, 0.1) is 25.6 Å². The lowest BCUT2D eigenvalue weighted by molar-refractivity contribution is -0.141. The SMILES string of the molecule is Cc1c(F)cc(CC(C)C(=O)O)c(C)c1Cl. The lowest BCUT2D eigenvalue weighted by Crippen LogP contribution is -2.13. The predicted octanol–water partition coefficient (Wildman–Crippen LogP) is 3.36. The number of hydrogen-bond donors (Lipinski definition) is 1. The van der Waals surface area contributed by atoms with Crippen LogP contribution in [0.25, 0.3) is 0 Å². The molecule has 88 valence electrons. The summed E-state index contributed by atoms with van der Waals surface area (Å²) in [6, 6.07) is 1.37. The second-order valence-corrected chi connectivity index (χ2v) is 4.40. The van der Waals surface area contributed by atoms with Crippen molar-refractivity contribution in [3.8, 4) is 0 Å². The minimum atomic E-state index is -0.892. The highest BCUT2D eigenvalue weighted by Crippen LogP contribution is 2.27. The molecule has 0 heterocycles. The topological polar surface area (TPSA) is 37.3 Å². The summed E-state index contributed by atoms with van der Waals surface area (Å²) in [5.41, 5.74) is 1.82. The third-order valence-corrected chi connectivity index (χ3v) is 3.31. The lowest BCUT2D eigenvalue weighted by atomic mass is 9.96. The van der Waals surface area contributed by atoms with Crippen LogP contribution in [0.5, 0.6) is 0 Å². The summed E-state index contributed by atoms with van der Waals surface area (Å²) in [5, 5.41) is 9.18. The Kier molecular flexibility index (Phi) is 3.92. The van der Waals surface area contributed by atoms with Gasteiger partial charge in [0.15, 0.2) is 0 Å². The van der Waals surface area contributed by atoms with Crippen LogP contribution >= 0.6 is 11.6 Å². The van der Waals surface area contributed by atoms with Crippen molar-refractivity contribution in [2.75, 3.05) is 0 Å². The van der Waals surface area contributed by atoms with Gasteiger partial charge in [-0.1, -0.05) is 18.5 Å². The van der Waals surface area contributed by atoms with Gasteiger partial charge in [-0.3, -0.25) is 4.79 Å².